The Kier molecular flexibility index (Phi) is 6.66. The number of likely N-dealkylation sites (N-methyl/N-ethyl adjacent to an activating group) is 1. The minimum Gasteiger partial charge on any atom is -0.444 e. The maximum atomic E-state index is 12.3. The lowest BCUT2D eigenvalue weighted by Gasteiger charge is -2.36. The van der Waals surface area contributed by atoms with E-state index >= 15 is 0 Å². The van der Waals surface area contributed by atoms with E-state index in [9.17, 15) is 10.1 Å². The molecule has 0 unspecified atom stereocenters. The molecule has 0 bridgehead atoms. The first-order valence-corrected chi connectivity index (χ1v) is 10.6. The third kappa shape index (κ3) is 5.51. The highest BCUT2D eigenvalue weighted by molar-refractivity contribution is 5.68. The molecule has 0 saturated carbocycles. The Morgan fingerprint density at radius 1 is 1.17 bits per heavy atom. The minimum atomic E-state index is -0.505. The molecule has 30 heavy (non-hydrogen) atoms. The van der Waals surface area contributed by atoms with Gasteiger partial charge in [0.2, 0.25) is 5.95 Å². The van der Waals surface area contributed by atoms with Crippen LogP contribution in [0.25, 0.3) is 0 Å². The molecule has 0 N–H and O–H groups in total. The largest absolute Gasteiger partial charge is 0.444 e. The molecular weight excluding hydrogens is 382 g/mol. The summed E-state index contributed by atoms with van der Waals surface area (Å²) in [5.74, 6) is 1.35. The van der Waals surface area contributed by atoms with Crippen LogP contribution in [-0.2, 0) is 4.74 Å². The van der Waals surface area contributed by atoms with E-state index in [0.717, 1.165) is 31.9 Å². The molecule has 3 rings (SSSR count). The van der Waals surface area contributed by atoms with E-state index in [0.29, 0.717) is 37.8 Å². The minimum absolute atomic E-state index is 0.267. The van der Waals surface area contributed by atoms with Gasteiger partial charge in [-0.3, -0.25) is 0 Å². The summed E-state index contributed by atoms with van der Waals surface area (Å²) in [5.41, 5.74) is -0.135. The summed E-state index contributed by atoms with van der Waals surface area (Å²) in [6.07, 6.45) is 0.746. The van der Waals surface area contributed by atoms with Crippen LogP contribution in [0.2, 0.25) is 0 Å². The van der Waals surface area contributed by atoms with Gasteiger partial charge in [0, 0.05) is 51.4 Å². The van der Waals surface area contributed by atoms with Gasteiger partial charge in [-0.1, -0.05) is 0 Å². The Bertz CT molecular complexity index is 794. The SMILES string of the molecule is C[C@H]1CN(C)CCCN1c1nc(C#N)cc(N2CCN(C(=O)OC(C)(C)C)CC2)n1. The van der Waals surface area contributed by atoms with E-state index in [4.69, 9.17) is 9.72 Å². The summed E-state index contributed by atoms with van der Waals surface area (Å²) in [6, 6.07) is 4.18. The average Bonchev–Trinajstić information content (AvgIpc) is 2.86. The maximum Gasteiger partial charge on any atom is 0.410 e. The fraction of sp³-hybridized carbons (Fsp3) is 0.714. The second-order valence-electron chi connectivity index (χ2n) is 9.14. The lowest BCUT2D eigenvalue weighted by Crippen LogP contribution is -2.50. The Labute approximate surface area is 179 Å². The van der Waals surface area contributed by atoms with Crippen molar-refractivity contribution in [1.29, 1.82) is 5.26 Å². The van der Waals surface area contributed by atoms with E-state index in [1.165, 1.54) is 0 Å². The molecule has 0 radical (unpaired) electrons. The first-order chi connectivity index (χ1) is 14.2. The summed E-state index contributed by atoms with van der Waals surface area (Å²) in [6.45, 7) is 13.0. The molecule has 9 heteroatoms. The summed E-state index contributed by atoms with van der Waals surface area (Å²) < 4.78 is 5.47. The first-order valence-electron chi connectivity index (χ1n) is 10.6. The van der Waals surface area contributed by atoms with Crippen LogP contribution in [0.5, 0.6) is 0 Å². The standard InChI is InChI=1S/C21H33N7O2/c1-16-15-25(5)7-6-8-28(16)19-23-17(14-22)13-18(24-19)26-9-11-27(12-10-26)20(29)30-21(2,3)4/h13,16H,6-12,15H2,1-5H3/t16-/m0/s1. The Morgan fingerprint density at radius 3 is 2.50 bits per heavy atom. The fourth-order valence-electron chi connectivity index (χ4n) is 3.88. The fourth-order valence-corrected chi connectivity index (χ4v) is 3.88. The van der Waals surface area contributed by atoms with E-state index in [2.05, 4.69) is 39.7 Å². The number of aromatic nitrogens is 2. The van der Waals surface area contributed by atoms with Crippen LogP contribution < -0.4 is 9.80 Å². The Morgan fingerprint density at radius 2 is 1.87 bits per heavy atom. The third-order valence-electron chi connectivity index (χ3n) is 5.37. The molecular formula is C21H33N7O2. The van der Waals surface area contributed by atoms with Crippen molar-refractivity contribution in [2.24, 2.45) is 0 Å². The van der Waals surface area contributed by atoms with Crippen molar-refractivity contribution >= 4 is 17.9 Å². The monoisotopic (exact) mass is 415 g/mol. The van der Waals surface area contributed by atoms with Gasteiger partial charge in [-0.05, 0) is 47.7 Å². The summed E-state index contributed by atoms with van der Waals surface area (Å²) >= 11 is 0. The zero-order chi connectivity index (χ0) is 21.9. The van der Waals surface area contributed by atoms with Gasteiger partial charge in [0.1, 0.15) is 23.2 Å². The van der Waals surface area contributed by atoms with Gasteiger partial charge in [0.05, 0.1) is 0 Å². The molecule has 2 aliphatic rings. The van der Waals surface area contributed by atoms with Crippen LogP contribution in [-0.4, -0.2) is 90.4 Å². The Hall–Kier alpha value is -2.60. The number of hydrogen-bond donors (Lipinski definition) is 0. The zero-order valence-corrected chi connectivity index (χ0v) is 18.8. The lowest BCUT2D eigenvalue weighted by molar-refractivity contribution is 0.0240. The summed E-state index contributed by atoms with van der Waals surface area (Å²) in [5, 5.41) is 9.51. The molecule has 2 saturated heterocycles. The smallest absolute Gasteiger partial charge is 0.410 e. The van der Waals surface area contributed by atoms with Crippen LogP contribution in [0, 0.1) is 11.3 Å². The van der Waals surface area contributed by atoms with Crippen molar-refractivity contribution < 1.29 is 9.53 Å². The normalized spacial score (nSPS) is 21.2. The highest BCUT2D eigenvalue weighted by atomic mass is 16.6. The van der Waals surface area contributed by atoms with E-state index in [-0.39, 0.29) is 12.1 Å². The molecule has 3 heterocycles. The van der Waals surface area contributed by atoms with Crippen LogP contribution in [0.15, 0.2) is 6.07 Å². The topological polar surface area (TPSA) is 88.8 Å². The van der Waals surface area contributed by atoms with Gasteiger partial charge >= 0.3 is 6.09 Å². The number of ether oxygens (including phenoxy) is 1. The van der Waals surface area contributed by atoms with E-state index in [1.54, 1.807) is 11.0 Å². The maximum absolute atomic E-state index is 12.3. The quantitative estimate of drug-likeness (QED) is 0.724. The number of hydrogen-bond acceptors (Lipinski definition) is 8. The van der Waals surface area contributed by atoms with Gasteiger partial charge < -0.3 is 24.3 Å². The number of rotatable bonds is 2. The molecule has 2 fully saturated rings. The average molecular weight is 416 g/mol. The number of carbonyl (C=O) groups excluding carboxylic acids is 1. The molecule has 0 aliphatic carbocycles. The molecule has 0 spiro atoms. The molecule has 1 aromatic rings. The highest BCUT2D eigenvalue weighted by Gasteiger charge is 2.28. The van der Waals surface area contributed by atoms with Gasteiger partial charge in [0.15, 0.2) is 0 Å². The lowest BCUT2D eigenvalue weighted by atomic mass is 10.2. The van der Waals surface area contributed by atoms with Crippen molar-refractivity contribution in [3.05, 3.63) is 11.8 Å². The van der Waals surface area contributed by atoms with Crippen molar-refractivity contribution in [3.8, 4) is 6.07 Å². The number of anilines is 2. The molecule has 0 aromatic carbocycles. The second-order valence-corrected chi connectivity index (χ2v) is 9.14. The van der Waals surface area contributed by atoms with Crippen molar-refractivity contribution in [3.63, 3.8) is 0 Å². The number of amides is 1. The molecule has 2 aliphatic heterocycles. The summed E-state index contributed by atoms with van der Waals surface area (Å²) in [7, 11) is 2.13. The number of piperazine rings is 1. The third-order valence-corrected chi connectivity index (χ3v) is 5.37. The van der Waals surface area contributed by atoms with Gasteiger partial charge in [-0.2, -0.15) is 10.2 Å². The Balaban J connectivity index is 1.73. The van der Waals surface area contributed by atoms with E-state index < -0.39 is 5.60 Å². The molecule has 1 atom stereocenters. The molecule has 1 aromatic heterocycles. The van der Waals surface area contributed by atoms with Crippen molar-refractivity contribution in [1.82, 2.24) is 19.8 Å². The van der Waals surface area contributed by atoms with Gasteiger partial charge in [-0.15, -0.1) is 0 Å². The van der Waals surface area contributed by atoms with Crippen molar-refractivity contribution in [2.45, 2.75) is 45.8 Å². The number of carbonyl (C=O) groups is 1. The number of nitrogens with zero attached hydrogens (tertiary/aromatic N) is 7. The first kappa shape index (κ1) is 22.1. The second kappa shape index (κ2) is 9.04. The molecule has 1 amide bonds. The van der Waals surface area contributed by atoms with E-state index in [1.807, 2.05) is 20.8 Å². The van der Waals surface area contributed by atoms with Crippen molar-refractivity contribution in [2.75, 3.05) is 62.7 Å². The zero-order valence-electron chi connectivity index (χ0n) is 18.8. The van der Waals surface area contributed by atoms with Gasteiger partial charge in [-0.25, -0.2) is 9.78 Å². The summed E-state index contributed by atoms with van der Waals surface area (Å²) in [4.78, 5) is 30.0. The van der Waals surface area contributed by atoms with Crippen LogP contribution in [0.1, 0.15) is 39.8 Å². The van der Waals surface area contributed by atoms with Crippen LogP contribution >= 0.6 is 0 Å². The van der Waals surface area contributed by atoms with Crippen LogP contribution in [0.3, 0.4) is 0 Å². The number of nitriles is 1. The predicted molar refractivity (Wildman–Crippen MR) is 116 cm³/mol. The molecule has 9 nitrogen and oxygen atoms in total. The van der Waals surface area contributed by atoms with Crippen LogP contribution in [0.4, 0.5) is 16.6 Å². The highest BCUT2D eigenvalue weighted by Crippen LogP contribution is 2.22. The predicted octanol–water partition coefficient (Wildman–Crippen LogP) is 1.94. The van der Waals surface area contributed by atoms with Gasteiger partial charge in [0.25, 0.3) is 0 Å². The molecule has 164 valence electrons.